The van der Waals surface area contributed by atoms with Crippen molar-refractivity contribution in [1.29, 1.82) is 0 Å². The van der Waals surface area contributed by atoms with E-state index in [1.165, 1.54) is 0 Å². The highest BCUT2D eigenvalue weighted by molar-refractivity contribution is 5.71. The van der Waals surface area contributed by atoms with E-state index in [1.807, 2.05) is 0 Å². The second kappa shape index (κ2) is 4.90. The van der Waals surface area contributed by atoms with Crippen molar-refractivity contribution in [2.75, 3.05) is 13.2 Å². The molecule has 0 aromatic heterocycles. The van der Waals surface area contributed by atoms with Crippen molar-refractivity contribution in [2.45, 2.75) is 13.8 Å². The van der Waals surface area contributed by atoms with E-state index in [2.05, 4.69) is 9.91 Å². The van der Waals surface area contributed by atoms with E-state index in [-0.39, 0.29) is 25.0 Å². The number of esters is 1. The molecule has 10 heavy (non-hydrogen) atoms. The molecule has 0 aliphatic carbocycles. The first-order valence-corrected chi connectivity index (χ1v) is 3.14. The molecule has 0 radical (unpaired) electrons. The standard InChI is InChI=1S/C6H11NO3/c1-5(2)6(8)10-4-3-7-9/h5H,3-4H2,1-2H3. The average Bonchev–Trinajstić information content (AvgIpc) is 1.88. The van der Waals surface area contributed by atoms with Crippen molar-refractivity contribution >= 4 is 5.97 Å². The molecule has 4 nitrogen and oxygen atoms in total. The maximum absolute atomic E-state index is 10.7. The summed E-state index contributed by atoms with van der Waals surface area (Å²) in [5, 5.41) is 2.54. The van der Waals surface area contributed by atoms with Gasteiger partial charge in [0, 0.05) is 0 Å². The number of hydrogen-bond acceptors (Lipinski definition) is 4. The van der Waals surface area contributed by atoms with Crippen molar-refractivity contribution in [3.63, 3.8) is 0 Å². The van der Waals surface area contributed by atoms with Crippen LogP contribution < -0.4 is 0 Å². The van der Waals surface area contributed by atoms with Crippen LogP contribution in [0.4, 0.5) is 0 Å². The van der Waals surface area contributed by atoms with E-state index in [1.54, 1.807) is 13.8 Å². The molecule has 0 heterocycles. The Morgan fingerprint density at radius 2 is 2.20 bits per heavy atom. The van der Waals surface area contributed by atoms with Gasteiger partial charge in [0.05, 0.1) is 5.92 Å². The fraction of sp³-hybridized carbons (Fsp3) is 0.833. The molecular weight excluding hydrogens is 134 g/mol. The molecular formula is C6H11NO3. The van der Waals surface area contributed by atoms with Gasteiger partial charge in [-0.3, -0.25) is 4.79 Å². The van der Waals surface area contributed by atoms with Crippen LogP contribution >= 0.6 is 0 Å². The lowest BCUT2D eigenvalue weighted by molar-refractivity contribution is -0.146. The molecule has 0 unspecified atom stereocenters. The highest BCUT2D eigenvalue weighted by Crippen LogP contribution is 1.94. The van der Waals surface area contributed by atoms with Crippen LogP contribution in [0.5, 0.6) is 0 Å². The Kier molecular flexibility index (Phi) is 4.45. The highest BCUT2D eigenvalue weighted by atomic mass is 16.5. The van der Waals surface area contributed by atoms with Gasteiger partial charge in [-0.2, -0.15) is 4.91 Å². The first-order valence-electron chi connectivity index (χ1n) is 3.14. The monoisotopic (exact) mass is 145 g/mol. The lowest BCUT2D eigenvalue weighted by Crippen LogP contribution is -2.13. The normalized spacial score (nSPS) is 9.50. The molecule has 0 saturated heterocycles. The first-order chi connectivity index (χ1) is 4.68. The van der Waals surface area contributed by atoms with Gasteiger partial charge in [-0.25, -0.2) is 0 Å². The predicted molar refractivity (Wildman–Crippen MR) is 36.5 cm³/mol. The second-order valence-corrected chi connectivity index (χ2v) is 2.17. The number of ether oxygens (including phenoxy) is 1. The number of rotatable bonds is 4. The maximum atomic E-state index is 10.7. The molecule has 58 valence electrons. The third kappa shape index (κ3) is 4.00. The summed E-state index contributed by atoms with van der Waals surface area (Å²) in [5.74, 6) is -0.421. The molecule has 4 heteroatoms. The molecule has 0 aliphatic heterocycles. The first kappa shape index (κ1) is 9.07. The van der Waals surface area contributed by atoms with Crippen LogP contribution in [0.1, 0.15) is 13.8 Å². The summed E-state index contributed by atoms with van der Waals surface area (Å²) < 4.78 is 4.61. The minimum absolute atomic E-state index is 0.0401. The van der Waals surface area contributed by atoms with Crippen LogP contribution in [0, 0.1) is 10.8 Å². The number of nitrogens with zero attached hydrogens (tertiary/aromatic N) is 1. The van der Waals surface area contributed by atoms with Crippen molar-refractivity contribution in [3.8, 4) is 0 Å². The summed E-state index contributed by atoms with van der Waals surface area (Å²) in [6, 6.07) is 0. The smallest absolute Gasteiger partial charge is 0.308 e. The van der Waals surface area contributed by atoms with Crippen LogP contribution in [0.3, 0.4) is 0 Å². The number of carbonyl (C=O) groups is 1. The van der Waals surface area contributed by atoms with Crippen LogP contribution in [0.25, 0.3) is 0 Å². The summed E-state index contributed by atoms with van der Waals surface area (Å²) in [5.41, 5.74) is 0. The van der Waals surface area contributed by atoms with Gasteiger partial charge in [-0.05, 0) is 0 Å². The van der Waals surface area contributed by atoms with Gasteiger partial charge >= 0.3 is 5.97 Å². The summed E-state index contributed by atoms with van der Waals surface area (Å²) in [7, 11) is 0. The average molecular weight is 145 g/mol. The summed E-state index contributed by atoms with van der Waals surface area (Å²) in [6.45, 7) is 3.60. The summed E-state index contributed by atoms with van der Waals surface area (Å²) in [4.78, 5) is 20.2. The minimum atomic E-state index is -0.288. The SMILES string of the molecule is CC(C)C(=O)OCCN=O. The maximum Gasteiger partial charge on any atom is 0.308 e. The van der Waals surface area contributed by atoms with Gasteiger partial charge in [0.25, 0.3) is 0 Å². The van der Waals surface area contributed by atoms with Gasteiger partial charge in [-0.15, -0.1) is 0 Å². The molecule has 0 atom stereocenters. The quantitative estimate of drug-likeness (QED) is 0.336. The second-order valence-electron chi connectivity index (χ2n) is 2.17. The van der Waals surface area contributed by atoms with Crippen molar-refractivity contribution in [3.05, 3.63) is 4.91 Å². The third-order valence-electron chi connectivity index (χ3n) is 0.898. The molecule has 0 aromatic rings. The summed E-state index contributed by atoms with van der Waals surface area (Å²) in [6.07, 6.45) is 0. The highest BCUT2D eigenvalue weighted by Gasteiger charge is 2.06. The molecule has 0 rings (SSSR count). The largest absolute Gasteiger partial charge is 0.463 e. The van der Waals surface area contributed by atoms with Crippen LogP contribution in [-0.4, -0.2) is 19.1 Å². The van der Waals surface area contributed by atoms with E-state index in [0.29, 0.717) is 0 Å². The van der Waals surface area contributed by atoms with Gasteiger partial charge < -0.3 is 4.74 Å². The van der Waals surface area contributed by atoms with E-state index in [9.17, 15) is 9.70 Å². The van der Waals surface area contributed by atoms with E-state index < -0.39 is 0 Å². The topological polar surface area (TPSA) is 55.7 Å². The van der Waals surface area contributed by atoms with Crippen molar-refractivity contribution in [2.24, 2.45) is 11.1 Å². The minimum Gasteiger partial charge on any atom is -0.463 e. The Labute approximate surface area is 59.5 Å². The molecule has 0 fully saturated rings. The molecule has 0 amide bonds. The number of hydrogen-bond donors (Lipinski definition) is 0. The Morgan fingerprint density at radius 3 is 2.60 bits per heavy atom. The Balaban J connectivity index is 3.30. The molecule has 0 aliphatic rings. The van der Waals surface area contributed by atoms with E-state index in [0.717, 1.165) is 0 Å². The molecule has 0 aromatic carbocycles. The van der Waals surface area contributed by atoms with Crippen LogP contribution in [0.2, 0.25) is 0 Å². The Hall–Kier alpha value is -0.930. The fourth-order valence-corrected chi connectivity index (χ4v) is 0.350. The Bertz CT molecular complexity index is 122. The zero-order valence-electron chi connectivity index (χ0n) is 6.16. The molecule has 0 bridgehead atoms. The summed E-state index contributed by atoms with van der Waals surface area (Å²) >= 11 is 0. The van der Waals surface area contributed by atoms with Gasteiger partial charge in [0.15, 0.2) is 0 Å². The van der Waals surface area contributed by atoms with Crippen LogP contribution in [0.15, 0.2) is 5.18 Å². The zero-order valence-corrected chi connectivity index (χ0v) is 6.16. The fourth-order valence-electron chi connectivity index (χ4n) is 0.350. The molecule has 0 spiro atoms. The lowest BCUT2D eigenvalue weighted by atomic mass is 10.2. The Morgan fingerprint density at radius 1 is 1.60 bits per heavy atom. The molecule has 0 saturated carbocycles. The van der Waals surface area contributed by atoms with Gasteiger partial charge in [-0.1, -0.05) is 19.0 Å². The lowest BCUT2D eigenvalue weighted by Gasteiger charge is -2.03. The van der Waals surface area contributed by atoms with Crippen molar-refractivity contribution in [1.82, 2.24) is 0 Å². The number of carbonyl (C=O) groups excluding carboxylic acids is 1. The van der Waals surface area contributed by atoms with Crippen LogP contribution in [-0.2, 0) is 9.53 Å². The zero-order chi connectivity index (χ0) is 7.98. The van der Waals surface area contributed by atoms with Gasteiger partial charge in [0.2, 0.25) is 0 Å². The third-order valence-corrected chi connectivity index (χ3v) is 0.898. The van der Waals surface area contributed by atoms with E-state index in [4.69, 9.17) is 0 Å². The van der Waals surface area contributed by atoms with E-state index >= 15 is 0 Å². The predicted octanol–water partition coefficient (Wildman–Crippen LogP) is 0.952. The number of nitroso groups, excluding NO2 is 1. The molecule has 0 N–H and O–H groups in total. The van der Waals surface area contributed by atoms with Gasteiger partial charge in [0.1, 0.15) is 13.2 Å². The van der Waals surface area contributed by atoms with Crippen molar-refractivity contribution < 1.29 is 9.53 Å².